The van der Waals surface area contributed by atoms with Gasteiger partial charge in [-0.3, -0.25) is 4.98 Å². The molecule has 3 rings (SSSR count). The number of hydrogen-bond donors (Lipinski definition) is 1. The first-order chi connectivity index (χ1) is 9.36. The topological polar surface area (TPSA) is 43.4 Å². The van der Waals surface area contributed by atoms with Crippen LogP contribution in [0, 0.1) is 0 Å². The van der Waals surface area contributed by atoms with Gasteiger partial charge in [-0.15, -0.1) is 0 Å². The Bertz CT molecular complexity index is 385. The lowest BCUT2D eigenvalue weighted by Crippen LogP contribution is -2.49. The van der Waals surface area contributed by atoms with Crippen LogP contribution < -0.4 is 5.32 Å². The molecule has 0 bridgehead atoms. The molecule has 2 aliphatic heterocycles. The molecule has 2 aliphatic rings. The number of nitrogens with one attached hydrogen (secondary N) is 1. The number of ether oxygens (including phenoxy) is 2. The van der Waals surface area contributed by atoms with E-state index in [1.807, 2.05) is 12.4 Å². The standard InChI is InChI=1S/C15H22N2O2/c1-6-16-7-2-13(1)12-17-14-3-8-19-15(11-14)4-9-18-10-5-15/h1-2,6-7,14,17H,3-5,8-12H2. The Morgan fingerprint density at radius 3 is 2.79 bits per heavy atom. The Morgan fingerprint density at radius 2 is 2.00 bits per heavy atom. The molecule has 4 heteroatoms. The van der Waals surface area contributed by atoms with Gasteiger partial charge in [-0.05, 0) is 43.4 Å². The molecule has 104 valence electrons. The Labute approximate surface area is 114 Å². The van der Waals surface area contributed by atoms with Crippen LogP contribution in [0.2, 0.25) is 0 Å². The second kappa shape index (κ2) is 5.99. The average molecular weight is 262 g/mol. The molecule has 4 nitrogen and oxygen atoms in total. The van der Waals surface area contributed by atoms with Crippen molar-refractivity contribution in [1.29, 1.82) is 0 Å². The molecule has 0 saturated carbocycles. The molecule has 0 aliphatic carbocycles. The lowest BCUT2D eigenvalue weighted by Gasteiger charge is -2.43. The monoisotopic (exact) mass is 262 g/mol. The minimum atomic E-state index is 0.0758. The van der Waals surface area contributed by atoms with Crippen molar-refractivity contribution in [3.05, 3.63) is 30.1 Å². The van der Waals surface area contributed by atoms with Crippen molar-refractivity contribution >= 4 is 0 Å². The van der Waals surface area contributed by atoms with Crippen LogP contribution >= 0.6 is 0 Å². The van der Waals surface area contributed by atoms with Crippen LogP contribution in [0.4, 0.5) is 0 Å². The van der Waals surface area contributed by atoms with Gasteiger partial charge in [0.15, 0.2) is 0 Å². The van der Waals surface area contributed by atoms with Crippen LogP contribution in [-0.4, -0.2) is 36.4 Å². The van der Waals surface area contributed by atoms with Crippen molar-refractivity contribution in [2.45, 2.75) is 43.9 Å². The van der Waals surface area contributed by atoms with Gasteiger partial charge in [0, 0.05) is 44.8 Å². The highest BCUT2D eigenvalue weighted by Crippen LogP contribution is 2.34. The van der Waals surface area contributed by atoms with Gasteiger partial charge in [0.25, 0.3) is 0 Å². The maximum atomic E-state index is 6.06. The first-order valence-electron chi connectivity index (χ1n) is 7.20. The molecular formula is C15H22N2O2. The summed E-state index contributed by atoms with van der Waals surface area (Å²) in [5, 5.41) is 3.66. The fraction of sp³-hybridized carbons (Fsp3) is 0.667. The van der Waals surface area contributed by atoms with Gasteiger partial charge in [-0.25, -0.2) is 0 Å². The minimum Gasteiger partial charge on any atom is -0.381 e. The van der Waals surface area contributed by atoms with Crippen LogP contribution in [0.3, 0.4) is 0 Å². The van der Waals surface area contributed by atoms with Crippen LogP contribution in [0.15, 0.2) is 24.5 Å². The first-order valence-corrected chi connectivity index (χ1v) is 7.20. The van der Waals surface area contributed by atoms with Crippen LogP contribution in [0.25, 0.3) is 0 Å². The van der Waals surface area contributed by atoms with E-state index in [0.29, 0.717) is 6.04 Å². The lowest BCUT2D eigenvalue weighted by molar-refractivity contribution is -0.140. The van der Waals surface area contributed by atoms with Gasteiger partial charge >= 0.3 is 0 Å². The minimum absolute atomic E-state index is 0.0758. The highest BCUT2D eigenvalue weighted by atomic mass is 16.5. The maximum Gasteiger partial charge on any atom is 0.0741 e. The fourth-order valence-electron chi connectivity index (χ4n) is 3.06. The largest absolute Gasteiger partial charge is 0.381 e. The summed E-state index contributed by atoms with van der Waals surface area (Å²) in [7, 11) is 0. The smallest absolute Gasteiger partial charge is 0.0741 e. The summed E-state index contributed by atoms with van der Waals surface area (Å²) in [5.74, 6) is 0. The third-order valence-electron chi connectivity index (χ3n) is 4.24. The normalized spacial score (nSPS) is 26.4. The number of rotatable bonds is 3. The van der Waals surface area contributed by atoms with Crippen molar-refractivity contribution in [1.82, 2.24) is 10.3 Å². The fourth-order valence-corrected chi connectivity index (χ4v) is 3.06. The van der Waals surface area contributed by atoms with Crippen molar-refractivity contribution in [3.8, 4) is 0 Å². The molecule has 1 unspecified atom stereocenters. The predicted octanol–water partition coefficient (Wildman–Crippen LogP) is 1.90. The van der Waals surface area contributed by atoms with E-state index in [1.54, 1.807) is 0 Å². The SMILES string of the molecule is c1cc(CNC2CCOC3(CCOCC3)C2)ccn1. The van der Waals surface area contributed by atoms with Gasteiger partial charge in [-0.2, -0.15) is 0 Å². The van der Waals surface area contributed by atoms with Crippen molar-refractivity contribution in [3.63, 3.8) is 0 Å². The Kier molecular flexibility index (Phi) is 4.11. The molecule has 0 amide bonds. The Hall–Kier alpha value is -0.970. The van der Waals surface area contributed by atoms with E-state index in [4.69, 9.17) is 9.47 Å². The molecule has 0 aromatic carbocycles. The van der Waals surface area contributed by atoms with E-state index < -0.39 is 0 Å². The molecule has 19 heavy (non-hydrogen) atoms. The Morgan fingerprint density at radius 1 is 1.21 bits per heavy atom. The molecule has 2 fully saturated rings. The van der Waals surface area contributed by atoms with Gasteiger partial charge in [0.1, 0.15) is 0 Å². The van der Waals surface area contributed by atoms with E-state index >= 15 is 0 Å². The first kappa shape index (κ1) is 13.0. The number of nitrogens with zero attached hydrogens (tertiary/aromatic N) is 1. The molecule has 2 saturated heterocycles. The van der Waals surface area contributed by atoms with E-state index in [2.05, 4.69) is 22.4 Å². The zero-order valence-corrected chi connectivity index (χ0v) is 11.3. The maximum absolute atomic E-state index is 6.06. The number of pyridine rings is 1. The number of hydrogen-bond acceptors (Lipinski definition) is 4. The van der Waals surface area contributed by atoms with Crippen LogP contribution in [-0.2, 0) is 16.0 Å². The van der Waals surface area contributed by atoms with Crippen molar-refractivity contribution < 1.29 is 9.47 Å². The summed E-state index contributed by atoms with van der Waals surface area (Å²) in [6.45, 7) is 3.47. The molecule has 1 spiro atoms. The van der Waals surface area contributed by atoms with Gasteiger partial charge in [0.05, 0.1) is 5.60 Å². The predicted molar refractivity (Wildman–Crippen MR) is 72.8 cm³/mol. The summed E-state index contributed by atoms with van der Waals surface area (Å²) >= 11 is 0. The molecule has 3 heterocycles. The van der Waals surface area contributed by atoms with E-state index in [1.165, 1.54) is 5.56 Å². The Balaban J connectivity index is 1.53. The van der Waals surface area contributed by atoms with Crippen LogP contribution in [0.1, 0.15) is 31.2 Å². The zero-order valence-electron chi connectivity index (χ0n) is 11.3. The average Bonchev–Trinajstić information content (AvgIpc) is 2.47. The zero-order chi connectivity index (χ0) is 13.0. The molecule has 1 aromatic rings. The second-order valence-electron chi connectivity index (χ2n) is 5.57. The van der Waals surface area contributed by atoms with E-state index in [-0.39, 0.29) is 5.60 Å². The third-order valence-corrected chi connectivity index (χ3v) is 4.24. The molecular weight excluding hydrogens is 240 g/mol. The van der Waals surface area contributed by atoms with E-state index in [0.717, 1.165) is 52.0 Å². The van der Waals surface area contributed by atoms with Crippen molar-refractivity contribution in [2.75, 3.05) is 19.8 Å². The molecule has 0 radical (unpaired) electrons. The van der Waals surface area contributed by atoms with Gasteiger partial charge < -0.3 is 14.8 Å². The quantitative estimate of drug-likeness (QED) is 0.903. The summed E-state index contributed by atoms with van der Waals surface area (Å²) in [6, 6.07) is 4.69. The molecule has 1 N–H and O–H groups in total. The third kappa shape index (κ3) is 3.32. The summed E-state index contributed by atoms with van der Waals surface area (Å²) in [4.78, 5) is 4.05. The lowest BCUT2D eigenvalue weighted by atomic mass is 9.84. The summed E-state index contributed by atoms with van der Waals surface area (Å²) in [5.41, 5.74) is 1.37. The summed E-state index contributed by atoms with van der Waals surface area (Å²) in [6.07, 6.45) is 8.00. The van der Waals surface area contributed by atoms with E-state index in [9.17, 15) is 0 Å². The van der Waals surface area contributed by atoms with Gasteiger partial charge in [-0.1, -0.05) is 0 Å². The molecule has 1 atom stereocenters. The van der Waals surface area contributed by atoms with Gasteiger partial charge in [0.2, 0.25) is 0 Å². The second-order valence-corrected chi connectivity index (χ2v) is 5.57. The van der Waals surface area contributed by atoms with Crippen molar-refractivity contribution in [2.24, 2.45) is 0 Å². The van der Waals surface area contributed by atoms with Crippen LogP contribution in [0.5, 0.6) is 0 Å². The highest BCUT2D eigenvalue weighted by molar-refractivity contribution is 5.09. The highest BCUT2D eigenvalue weighted by Gasteiger charge is 2.38. The summed E-state index contributed by atoms with van der Waals surface area (Å²) < 4.78 is 11.5. The molecule has 1 aromatic heterocycles. The number of aromatic nitrogens is 1.